The van der Waals surface area contributed by atoms with Crippen molar-refractivity contribution < 1.29 is 0 Å². The van der Waals surface area contributed by atoms with Crippen molar-refractivity contribution in [2.75, 3.05) is 65.2 Å². The second kappa shape index (κ2) is 14.5. The van der Waals surface area contributed by atoms with Crippen molar-refractivity contribution in [3.63, 3.8) is 0 Å². The van der Waals surface area contributed by atoms with Crippen molar-refractivity contribution in [3.8, 4) is 0 Å². The van der Waals surface area contributed by atoms with Crippen molar-refractivity contribution in [2.45, 2.75) is 18.2 Å². The van der Waals surface area contributed by atoms with Crippen LogP contribution >= 0.6 is 35.7 Å². The highest BCUT2D eigenvalue weighted by Crippen LogP contribution is 2.15. The molecule has 2 rings (SSSR count). The summed E-state index contributed by atoms with van der Waals surface area (Å²) in [6.45, 7) is 10.5. The number of halogens is 1. The molecule has 1 aliphatic rings. The van der Waals surface area contributed by atoms with Gasteiger partial charge in [-0.15, -0.1) is 35.7 Å². The fourth-order valence-corrected chi connectivity index (χ4v) is 3.61. The van der Waals surface area contributed by atoms with Gasteiger partial charge in [-0.25, -0.2) is 0 Å². The molecule has 0 aromatic heterocycles. The standard InChI is InChI=1S/C19H33N5S.HI/c1-3-20-19(22-11-17-25-18-8-5-4-6-9-18)21-10-14-24-13-7-12-23(2)15-16-24;/h4-6,8-9H,3,7,10-17H2,1-2H3,(H2,20,21,22);1H. The molecule has 1 aliphatic heterocycles. The van der Waals surface area contributed by atoms with Gasteiger partial charge in [0.05, 0.1) is 6.54 Å². The van der Waals surface area contributed by atoms with Crippen molar-refractivity contribution >= 4 is 41.7 Å². The van der Waals surface area contributed by atoms with E-state index in [4.69, 9.17) is 4.99 Å². The highest BCUT2D eigenvalue weighted by molar-refractivity contribution is 14.0. The number of nitrogens with zero attached hydrogens (tertiary/aromatic N) is 3. The minimum absolute atomic E-state index is 0. The van der Waals surface area contributed by atoms with Crippen LogP contribution in [0.1, 0.15) is 13.3 Å². The zero-order valence-corrected chi connectivity index (χ0v) is 19.3. The van der Waals surface area contributed by atoms with Crippen LogP contribution in [0.4, 0.5) is 0 Å². The number of rotatable bonds is 8. The van der Waals surface area contributed by atoms with Crippen LogP contribution in [0.5, 0.6) is 0 Å². The van der Waals surface area contributed by atoms with Crippen LogP contribution in [-0.2, 0) is 0 Å². The van der Waals surface area contributed by atoms with E-state index in [9.17, 15) is 0 Å². The molecule has 0 radical (unpaired) electrons. The predicted octanol–water partition coefficient (Wildman–Crippen LogP) is 2.59. The molecule has 26 heavy (non-hydrogen) atoms. The molecule has 1 heterocycles. The molecule has 0 amide bonds. The quantitative estimate of drug-likeness (QED) is 0.193. The maximum Gasteiger partial charge on any atom is 0.191 e. The molecule has 0 saturated carbocycles. The number of likely N-dealkylation sites (N-methyl/N-ethyl adjacent to an activating group) is 1. The molecular weight excluding hydrogens is 457 g/mol. The minimum atomic E-state index is 0. The Balaban J connectivity index is 0.00000338. The number of benzene rings is 1. The van der Waals surface area contributed by atoms with Gasteiger partial charge in [-0.2, -0.15) is 0 Å². The largest absolute Gasteiger partial charge is 0.357 e. The van der Waals surface area contributed by atoms with Gasteiger partial charge in [0.2, 0.25) is 0 Å². The van der Waals surface area contributed by atoms with Crippen LogP contribution in [0.3, 0.4) is 0 Å². The van der Waals surface area contributed by atoms with E-state index in [0.29, 0.717) is 0 Å². The molecule has 0 spiro atoms. The molecule has 0 unspecified atom stereocenters. The van der Waals surface area contributed by atoms with Gasteiger partial charge in [-0.1, -0.05) is 18.2 Å². The van der Waals surface area contributed by atoms with Crippen LogP contribution in [0.2, 0.25) is 0 Å². The van der Waals surface area contributed by atoms with Crippen LogP contribution in [0, 0.1) is 0 Å². The lowest BCUT2D eigenvalue weighted by molar-refractivity contribution is 0.283. The molecule has 2 N–H and O–H groups in total. The summed E-state index contributed by atoms with van der Waals surface area (Å²) in [6.07, 6.45) is 1.26. The molecule has 1 aromatic rings. The molecule has 5 nitrogen and oxygen atoms in total. The van der Waals surface area contributed by atoms with Gasteiger partial charge in [0.15, 0.2) is 5.96 Å². The van der Waals surface area contributed by atoms with E-state index in [1.165, 1.54) is 31.0 Å². The van der Waals surface area contributed by atoms with E-state index in [0.717, 1.165) is 44.4 Å². The Hall–Kier alpha value is -0.510. The first-order valence-electron chi connectivity index (χ1n) is 9.39. The van der Waals surface area contributed by atoms with Gasteiger partial charge in [-0.05, 0) is 45.6 Å². The second-order valence-corrected chi connectivity index (χ2v) is 7.52. The average molecular weight is 491 g/mol. The number of nitrogens with one attached hydrogen (secondary N) is 2. The molecule has 7 heteroatoms. The summed E-state index contributed by atoms with van der Waals surface area (Å²) < 4.78 is 0. The Morgan fingerprint density at radius 1 is 1.12 bits per heavy atom. The van der Waals surface area contributed by atoms with E-state index < -0.39 is 0 Å². The summed E-state index contributed by atoms with van der Waals surface area (Å²) >= 11 is 1.87. The smallest absolute Gasteiger partial charge is 0.191 e. The zero-order valence-electron chi connectivity index (χ0n) is 16.1. The first-order chi connectivity index (χ1) is 12.3. The number of hydrogen-bond acceptors (Lipinski definition) is 4. The Morgan fingerprint density at radius 3 is 2.69 bits per heavy atom. The third kappa shape index (κ3) is 9.99. The molecule has 148 valence electrons. The molecule has 1 saturated heterocycles. The van der Waals surface area contributed by atoms with Gasteiger partial charge in [0.25, 0.3) is 0 Å². The Morgan fingerprint density at radius 2 is 1.92 bits per heavy atom. The predicted molar refractivity (Wildman–Crippen MR) is 125 cm³/mol. The molecule has 0 bridgehead atoms. The highest BCUT2D eigenvalue weighted by atomic mass is 127. The zero-order chi connectivity index (χ0) is 17.7. The van der Waals surface area contributed by atoms with E-state index in [2.05, 4.69) is 64.7 Å². The fourth-order valence-electron chi connectivity index (χ4n) is 2.82. The van der Waals surface area contributed by atoms with E-state index >= 15 is 0 Å². The maximum atomic E-state index is 4.73. The lowest BCUT2D eigenvalue weighted by Gasteiger charge is -2.19. The molecule has 0 atom stereocenters. The van der Waals surface area contributed by atoms with E-state index in [1.54, 1.807) is 0 Å². The third-order valence-corrected chi connectivity index (χ3v) is 5.26. The van der Waals surface area contributed by atoms with Gasteiger partial charge in [0.1, 0.15) is 0 Å². The Kier molecular flexibility index (Phi) is 13.2. The second-order valence-electron chi connectivity index (χ2n) is 6.35. The van der Waals surface area contributed by atoms with Gasteiger partial charge in [0, 0.05) is 43.4 Å². The van der Waals surface area contributed by atoms with Crippen LogP contribution in [0.25, 0.3) is 0 Å². The summed E-state index contributed by atoms with van der Waals surface area (Å²) in [6, 6.07) is 10.5. The number of hydrogen-bond donors (Lipinski definition) is 2. The first kappa shape index (κ1) is 23.5. The van der Waals surface area contributed by atoms with Crippen molar-refractivity contribution in [1.82, 2.24) is 20.4 Å². The van der Waals surface area contributed by atoms with Crippen LogP contribution in [0.15, 0.2) is 40.2 Å². The van der Waals surface area contributed by atoms with Crippen molar-refractivity contribution in [2.24, 2.45) is 4.99 Å². The SMILES string of the molecule is CCNC(=NCCN1CCCN(C)CC1)NCCSc1ccccc1.I. The van der Waals surface area contributed by atoms with Gasteiger partial charge >= 0.3 is 0 Å². The number of guanidine groups is 1. The highest BCUT2D eigenvalue weighted by Gasteiger charge is 2.11. The van der Waals surface area contributed by atoms with Gasteiger partial charge < -0.3 is 20.4 Å². The summed E-state index contributed by atoms with van der Waals surface area (Å²) in [5.41, 5.74) is 0. The monoisotopic (exact) mass is 491 g/mol. The summed E-state index contributed by atoms with van der Waals surface area (Å²) in [4.78, 5) is 11.0. The topological polar surface area (TPSA) is 42.9 Å². The minimum Gasteiger partial charge on any atom is -0.357 e. The fraction of sp³-hybridized carbons (Fsp3) is 0.632. The molecule has 1 fully saturated rings. The summed E-state index contributed by atoms with van der Waals surface area (Å²) in [5, 5.41) is 6.78. The Bertz CT molecular complexity index is 500. The van der Waals surface area contributed by atoms with E-state index in [-0.39, 0.29) is 24.0 Å². The molecular formula is C19H34IN5S. The first-order valence-corrected chi connectivity index (χ1v) is 10.4. The molecule has 0 aliphatic carbocycles. The average Bonchev–Trinajstić information content (AvgIpc) is 2.84. The lowest BCUT2D eigenvalue weighted by atomic mass is 10.4. The van der Waals surface area contributed by atoms with E-state index in [1.807, 2.05) is 11.8 Å². The maximum absolute atomic E-state index is 4.73. The van der Waals surface area contributed by atoms with Crippen molar-refractivity contribution in [1.29, 1.82) is 0 Å². The number of aliphatic imine (C=N–C) groups is 1. The lowest BCUT2D eigenvalue weighted by Crippen LogP contribution is -2.39. The third-order valence-electron chi connectivity index (χ3n) is 4.25. The van der Waals surface area contributed by atoms with Crippen LogP contribution < -0.4 is 10.6 Å². The Labute approximate surface area is 180 Å². The normalized spacial score (nSPS) is 16.6. The summed E-state index contributed by atoms with van der Waals surface area (Å²) in [5.74, 6) is 1.97. The van der Waals surface area contributed by atoms with Crippen LogP contribution in [-0.4, -0.2) is 80.9 Å². The number of thioether (sulfide) groups is 1. The molecule has 1 aromatic carbocycles. The van der Waals surface area contributed by atoms with Gasteiger partial charge in [-0.3, -0.25) is 4.99 Å². The summed E-state index contributed by atoms with van der Waals surface area (Å²) in [7, 11) is 2.21. The van der Waals surface area contributed by atoms with Crippen molar-refractivity contribution in [3.05, 3.63) is 30.3 Å².